The molecule has 0 radical (unpaired) electrons. The Hall–Kier alpha value is -1.78. The molecular formula is C15H18ClF6N5. The first-order valence-corrected chi connectivity index (χ1v) is 8.57. The number of nitrogens with zero attached hydrogens (tertiary/aromatic N) is 3. The molecule has 1 heterocycles. The lowest BCUT2D eigenvalue weighted by Gasteiger charge is -2.21. The second-order valence-electron chi connectivity index (χ2n) is 6.22. The van der Waals surface area contributed by atoms with Gasteiger partial charge in [-0.3, -0.25) is 0 Å². The van der Waals surface area contributed by atoms with E-state index in [1.54, 1.807) is 6.08 Å². The Morgan fingerprint density at radius 3 is 1.85 bits per heavy atom. The highest BCUT2D eigenvalue weighted by Crippen LogP contribution is 2.29. The van der Waals surface area contributed by atoms with Gasteiger partial charge in [0.05, 0.1) is 5.38 Å². The molecule has 0 fully saturated rings. The van der Waals surface area contributed by atoms with E-state index in [1.807, 2.05) is 0 Å². The zero-order valence-corrected chi connectivity index (χ0v) is 15.2. The molecule has 152 valence electrons. The third kappa shape index (κ3) is 6.12. The van der Waals surface area contributed by atoms with E-state index < -0.39 is 36.3 Å². The van der Waals surface area contributed by atoms with Crippen molar-refractivity contribution >= 4 is 29.1 Å². The van der Waals surface area contributed by atoms with Crippen molar-refractivity contribution < 1.29 is 26.3 Å². The van der Waals surface area contributed by atoms with Gasteiger partial charge in [0.1, 0.15) is 12.1 Å². The molecule has 0 aromatic carbocycles. The van der Waals surface area contributed by atoms with Crippen LogP contribution in [0.5, 0.6) is 0 Å². The molecule has 1 aromatic rings. The molecule has 0 saturated heterocycles. The smallest absolute Gasteiger partial charge is 0.343 e. The molecule has 1 aromatic heterocycles. The van der Waals surface area contributed by atoms with Crippen molar-refractivity contribution in [2.24, 2.45) is 0 Å². The molecule has 2 N–H and O–H groups in total. The molecule has 27 heavy (non-hydrogen) atoms. The van der Waals surface area contributed by atoms with Gasteiger partial charge in [-0.2, -0.15) is 41.3 Å². The SMILES string of the molecule is C[C@@H](Nc1nc(N[C@H](C)C(F)(F)F)nc(C2=CC(Cl)CCC2)n1)C(F)(F)F. The molecule has 5 nitrogen and oxygen atoms in total. The first-order chi connectivity index (χ1) is 12.4. The van der Waals surface area contributed by atoms with Gasteiger partial charge in [0.25, 0.3) is 0 Å². The van der Waals surface area contributed by atoms with E-state index in [4.69, 9.17) is 11.6 Å². The first kappa shape index (κ1) is 21.5. The van der Waals surface area contributed by atoms with Gasteiger partial charge in [0.2, 0.25) is 11.9 Å². The maximum Gasteiger partial charge on any atom is 0.408 e. The molecule has 2 rings (SSSR count). The van der Waals surface area contributed by atoms with Crippen molar-refractivity contribution in [2.45, 2.75) is 62.9 Å². The summed E-state index contributed by atoms with van der Waals surface area (Å²) in [4.78, 5) is 11.5. The Kier molecular flexibility index (Phi) is 6.43. The fourth-order valence-electron chi connectivity index (χ4n) is 2.26. The number of allylic oxidation sites excluding steroid dienone is 2. The fourth-order valence-corrected chi connectivity index (χ4v) is 2.56. The van der Waals surface area contributed by atoms with Gasteiger partial charge in [-0.15, -0.1) is 11.6 Å². The Morgan fingerprint density at radius 1 is 0.963 bits per heavy atom. The summed E-state index contributed by atoms with van der Waals surface area (Å²) < 4.78 is 76.7. The number of halogens is 7. The summed E-state index contributed by atoms with van der Waals surface area (Å²) in [7, 11) is 0. The predicted molar refractivity (Wildman–Crippen MR) is 89.6 cm³/mol. The number of rotatable bonds is 5. The van der Waals surface area contributed by atoms with Gasteiger partial charge in [0, 0.05) is 0 Å². The number of alkyl halides is 7. The van der Waals surface area contributed by atoms with E-state index in [9.17, 15) is 26.3 Å². The predicted octanol–water partition coefficient (Wildman–Crippen LogP) is 4.77. The van der Waals surface area contributed by atoms with E-state index in [1.165, 1.54) is 0 Å². The largest absolute Gasteiger partial charge is 0.408 e. The zero-order valence-electron chi connectivity index (χ0n) is 14.4. The topological polar surface area (TPSA) is 62.7 Å². The third-order valence-electron chi connectivity index (χ3n) is 3.90. The zero-order chi connectivity index (χ0) is 20.4. The Balaban J connectivity index is 2.38. The van der Waals surface area contributed by atoms with E-state index in [-0.39, 0.29) is 11.2 Å². The normalized spacial score (nSPS) is 20.6. The molecule has 12 heteroatoms. The number of aromatic nitrogens is 3. The molecule has 0 spiro atoms. The van der Waals surface area contributed by atoms with Gasteiger partial charge in [-0.1, -0.05) is 6.08 Å². The molecule has 0 bridgehead atoms. The average molecular weight is 418 g/mol. The van der Waals surface area contributed by atoms with Crippen LogP contribution >= 0.6 is 11.6 Å². The van der Waals surface area contributed by atoms with Crippen LogP contribution in [0.1, 0.15) is 38.9 Å². The number of hydrogen-bond donors (Lipinski definition) is 2. The highest BCUT2D eigenvalue weighted by atomic mass is 35.5. The summed E-state index contributed by atoms with van der Waals surface area (Å²) in [5.74, 6) is -0.956. The van der Waals surface area contributed by atoms with Gasteiger partial charge in [0.15, 0.2) is 5.82 Å². The lowest BCUT2D eigenvalue weighted by Crippen LogP contribution is -2.35. The molecule has 3 atom stereocenters. The van der Waals surface area contributed by atoms with Crippen LogP contribution < -0.4 is 10.6 Å². The van der Waals surface area contributed by atoms with Crippen molar-refractivity contribution in [3.05, 3.63) is 11.9 Å². The van der Waals surface area contributed by atoms with Crippen molar-refractivity contribution in [2.75, 3.05) is 10.6 Å². The molecular weight excluding hydrogens is 400 g/mol. The van der Waals surface area contributed by atoms with Crippen LogP contribution in [0.3, 0.4) is 0 Å². The average Bonchev–Trinajstić information content (AvgIpc) is 2.52. The van der Waals surface area contributed by atoms with Gasteiger partial charge >= 0.3 is 12.4 Å². The standard InChI is InChI=1S/C15H18ClF6N5/c1-7(14(17,18)19)23-12-25-11(9-4-3-5-10(16)6-9)26-13(27-12)24-8(2)15(20,21)22/h6-8,10H,3-5H2,1-2H3,(H2,23,24,25,26,27)/t7-,8-,10?/m1/s1. The van der Waals surface area contributed by atoms with Crippen molar-refractivity contribution in [3.8, 4) is 0 Å². The van der Waals surface area contributed by atoms with Crippen molar-refractivity contribution in [1.82, 2.24) is 15.0 Å². The highest BCUT2D eigenvalue weighted by molar-refractivity contribution is 6.22. The molecule has 1 unspecified atom stereocenters. The molecule has 0 aliphatic heterocycles. The van der Waals surface area contributed by atoms with E-state index >= 15 is 0 Å². The highest BCUT2D eigenvalue weighted by Gasteiger charge is 2.38. The first-order valence-electron chi connectivity index (χ1n) is 8.14. The lowest BCUT2D eigenvalue weighted by molar-refractivity contribution is -0.139. The summed E-state index contributed by atoms with van der Waals surface area (Å²) >= 11 is 6.05. The monoisotopic (exact) mass is 417 g/mol. The Bertz CT molecular complexity index is 650. The van der Waals surface area contributed by atoms with Crippen LogP contribution in [0.4, 0.5) is 38.2 Å². The summed E-state index contributed by atoms with van der Waals surface area (Å²) in [5, 5.41) is 3.81. The van der Waals surface area contributed by atoms with Gasteiger partial charge in [-0.05, 0) is 38.7 Å². The second-order valence-corrected chi connectivity index (χ2v) is 6.78. The van der Waals surface area contributed by atoms with Crippen LogP contribution in [0.25, 0.3) is 5.57 Å². The van der Waals surface area contributed by atoms with Crippen molar-refractivity contribution in [3.63, 3.8) is 0 Å². The van der Waals surface area contributed by atoms with E-state index in [2.05, 4.69) is 25.6 Å². The van der Waals surface area contributed by atoms with Gasteiger partial charge < -0.3 is 10.6 Å². The minimum atomic E-state index is -4.58. The van der Waals surface area contributed by atoms with Crippen LogP contribution in [0, 0.1) is 0 Å². The van der Waals surface area contributed by atoms with Crippen LogP contribution in [-0.4, -0.2) is 44.8 Å². The number of nitrogens with one attached hydrogen (secondary N) is 2. The summed E-state index contributed by atoms with van der Waals surface area (Å²) in [6, 6.07) is -4.00. The Morgan fingerprint density at radius 2 is 1.44 bits per heavy atom. The van der Waals surface area contributed by atoms with Crippen molar-refractivity contribution in [1.29, 1.82) is 0 Å². The molecule has 0 amide bonds. The summed E-state index contributed by atoms with van der Waals surface area (Å²) in [6.45, 7) is 1.70. The minimum absolute atomic E-state index is 0.0101. The summed E-state index contributed by atoms with van der Waals surface area (Å²) in [6.07, 6.45) is -5.59. The van der Waals surface area contributed by atoms with E-state index in [0.717, 1.165) is 13.8 Å². The minimum Gasteiger partial charge on any atom is -0.343 e. The summed E-state index contributed by atoms with van der Waals surface area (Å²) in [5.41, 5.74) is 0.550. The maximum atomic E-state index is 12.8. The molecule has 1 aliphatic rings. The quantitative estimate of drug-likeness (QED) is 0.533. The number of hydrogen-bond acceptors (Lipinski definition) is 5. The van der Waals surface area contributed by atoms with Crippen LogP contribution in [0.15, 0.2) is 6.08 Å². The molecule has 1 aliphatic carbocycles. The maximum absolute atomic E-state index is 12.8. The lowest BCUT2D eigenvalue weighted by atomic mass is 9.99. The Labute approximate surface area is 156 Å². The third-order valence-corrected chi connectivity index (χ3v) is 4.25. The van der Waals surface area contributed by atoms with Crippen LogP contribution in [-0.2, 0) is 0 Å². The molecule has 0 saturated carbocycles. The van der Waals surface area contributed by atoms with Gasteiger partial charge in [-0.25, -0.2) is 0 Å². The van der Waals surface area contributed by atoms with E-state index in [0.29, 0.717) is 24.8 Å². The number of anilines is 2. The fraction of sp³-hybridized carbons (Fsp3) is 0.667. The second kappa shape index (κ2) is 8.07. The van der Waals surface area contributed by atoms with Crippen LogP contribution in [0.2, 0.25) is 0 Å².